The Bertz CT molecular complexity index is 533. The van der Waals surface area contributed by atoms with Crippen molar-refractivity contribution in [3.05, 3.63) is 28.2 Å². The molecule has 0 aliphatic heterocycles. The summed E-state index contributed by atoms with van der Waals surface area (Å²) in [5.41, 5.74) is 8.65. The van der Waals surface area contributed by atoms with E-state index in [-0.39, 0.29) is 17.4 Å². The van der Waals surface area contributed by atoms with Crippen LogP contribution in [0.15, 0.2) is 23.3 Å². The molecular formula is C11H12Cl2N4OS. The van der Waals surface area contributed by atoms with Crippen LogP contribution in [0, 0.1) is 0 Å². The third-order valence-electron chi connectivity index (χ3n) is 1.98. The maximum Gasteiger partial charge on any atom is 0.230 e. The average molecular weight is 319 g/mol. The molecule has 1 aromatic carbocycles. The van der Waals surface area contributed by atoms with Gasteiger partial charge in [-0.15, -0.1) is 0 Å². The Labute approximate surface area is 126 Å². The summed E-state index contributed by atoms with van der Waals surface area (Å²) in [6.45, 7) is 1.67. The second-order valence-electron chi connectivity index (χ2n) is 3.67. The topological polar surface area (TPSA) is 79.5 Å². The highest BCUT2D eigenvalue weighted by Gasteiger charge is 2.07. The summed E-state index contributed by atoms with van der Waals surface area (Å²) in [6.07, 6.45) is 0.0918. The van der Waals surface area contributed by atoms with Gasteiger partial charge in [0.15, 0.2) is 5.11 Å². The lowest BCUT2D eigenvalue weighted by molar-refractivity contribution is -0.115. The summed E-state index contributed by atoms with van der Waals surface area (Å²) >= 11 is 16.3. The predicted molar refractivity (Wildman–Crippen MR) is 82.7 cm³/mol. The van der Waals surface area contributed by atoms with Crippen molar-refractivity contribution in [3.8, 4) is 0 Å². The van der Waals surface area contributed by atoms with Gasteiger partial charge in [-0.05, 0) is 37.3 Å². The molecule has 8 heteroatoms. The van der Waals surface area contributed by atoms with Gasteiger partial charge < -0.3 is 11.1 Å². The van der Waals surface area contributed by atoms with E-state index in [1.54, 1.807) is 25.1 Å². The first kappa shape index (κ1) is 15.7. The summed E-state index contributed by atoms with van der Waals surface area (Å²) in [5, 5.41) is 7.40. The van der Waals surface area contributed by atoms with Gasteiger partial charge in [0.25, 0.3) is 0 Å². The fourth-order valence-electron chi connectivity index (χ4n) is 1.21. The number of rotatable bonds is 4. The van der Waals surface area contributed by atoms with Crippen molar-refractivity contribution >= 4 is 57.8 Å². The van der Waals surface area contributed by atoms with Crippen LogP contribution in [0.1, 0.15) is 13.3 Å². The van der Waals surface area contributed by atoms with Crippen LogP contribution in [0.5, 0.6) is 0 Å². The molecular weight excluding hydrogens is 307 g/mol. The van der Waals surface area contributed by atoms with Crippen molar-refractivity contribution in [2.75, 3.05) is 5.32 Å². The molecule has 0 fully saturated rings. The van der Waals surface area contributed by atoms with Gasteiger partial charge in [0.05, 0.1) is 17.1 Å². The Balaban J connectivity index is 2.60. The zero-order valence-corrected chi connectivity index (χ0v) is 12.4. The molecule has 0 aliphatic rings. The summed E-state index contributed by atoms with van der Waals surface area (Å²) in [6, 6.07) is 4.81. The molecule has 5 nitrogen and oxygen atoms in total. The molecule has 0 saturated carbocycles. The van der Waals surface area contributed by atoms with Gasteiger partial charge in [-0.3, -0.25) is 10.2 Å². The van der Waals surface area contributed by atoms with E-state index in [0.29, 0.717) is 21.4 Å². The second-order valence-corrected chi connectivity index (χ2v) is 4.96. The predicted octanol–water partition coefficient (Wildman–Crippen LogP) is 2.53. The second kappa shape index (κ2) is 7.28. The first-order chi connectivity index (χ1) is 8.88. The highest BCUT2D eigenvalue weighted by Crippen LogP contribution is 2.25. The number of nitrogens with one attached hydrogen (secondary N) is 2. The van der Waals surface area contributed by atoms with Crippen molar-refractivity contribution < 1.29 is 4.79 Å². The molecule has 0 aromatic heterocycles. The molecule has 0 aliphatic carbocycles. The van der Waals surface area contributed by atoms with Crippen molar-refractivity contribution in [1.82, 2.24) is 5.43 Å². The number of amides is 1. The third-order valence-corrected chi connectivity index (χ3v) is 2.62. The number of halogens is 2. The monoisotopic (exact) mass is 318 g/mol. The maximum atomic E-state index is 11.7. The number of thiocarbonyl (C=S) groups is 1. The van der Waals surface area contributed by atoms with Gasteiger partial charge in [-0.2, -0.15) is 5.10 Å². The fourth-order valence-corrected chi connectivity index (χ4v) is 1.71. The van der Waals surface area contributed by atoms with Gasteiger partial charge in [0.2, 0.25) is 5.91 Å². The molecule has 1 rings (SSSR count). The number of hydrazone groups is 1. The van der Waals surface area contributed by atoms with Gasteiger partial charge in [0.1, 0.15) is 0 Å². The minimum atomic E-state index is -0.254. The average Bonchev–Trinajstić information content (AvgIpc) is 2.30. The molecule has 102 valence electrons. The zero-order valence-electron chi connectivity index (χ0n) is 10.0. The molecule has 1 aromatic rings. The Hall–Kier alpha value is -1.37. The van der Waals surface area contributed by atoms with Crippen LogP contribution in [0.3, 0.4) is 0 Å². The number of benzene rings is 1. The van der Waals surface area contributed by atoms with Crippen LogP contribution >= 0.6 is 35.4 Å². The standard InChI is InChI=1S/C11H12Cl2N4OS/c1-6(16-17-11(14)19)4-10(18)15-9-3-2-7(12)5-8(9)13/h2-3,5H,4H2,1H3,(H,15,18)(H3,14,17,19)/b16-6-. The molecule has 0 bridgehead atoms. The number of nitrogens with two attached hydrogens (primary N) is 1. The van der Waals surface area contributed by atoms with Crippen LogP contribution < -0.4 is 16.5 Å². The smallest absolute Gasteiger partial charge is 0.230 e. The van der Waals surface area contributed by atoms with E-state index in [4.69, 9.17) is 28.9 Å². The molecule has 19 heavy (non-hydrogen) atoms. The summed E-state index contributed by atoms with van der Waals surface area (Å²) in [4.78, 5) is 11.7. The summed E-state index contributed by atoms with van der Waals surface area (Å²) < 4.78 is 0. The molecule has 0 spiro atoms. The molecule has 0 radical (unpaired) electrons. The van der Waals surface area contributed by atoms with E-state index in [1.165, 1.54) is 0 Å². The number of carbonyl (C=O) groups excluding carboxylic acids is 1. The Morgan fingerprint density at radius 3 is 2.74 bits per heavy atom. The normalized spacial score (nSPS) is 11.0. The lowest BCUT2D eigenvalue weighted by atomic mass is 10.2. The Morgan fingerprint density at radius 1 is 1.47 bits per heavy atom. The van der Waals surface area contributed by atoms with Crippen molar-refractivity contribution in [2.24, 2.45) is 10.8 Å². The zero-order chi connectivity index (χ0) is 14.4. The largest absolute Gasteiger partial charge is 0.375 e. The number of anilines is 1. The van der Waals surface area contributed by atoms with E-state index in [2.05, 4.69) is 28.1 Å². The summed E-state index contributed by atoms with van der Waals surface area (Å²) in [7, 11) is 0. The first-order valence-electron chi connectivity index (χ1n) is 5.22. The van der Waals surface area contributed by atoms with Gasteiger partial charge in [-0.1, -0.05) is 23.2 Å². The minimum absolute atomic E-state index is 0.0421. The molecule has 0 saturated heterocycles. The van der Waals surface area contributed by atoms with E-state index in [9.17, 15) is 4.79 Å². The maximum absolute atomic E-state index is 11.7. The lowest BCUT2D eigenvalue weighted by Crippen LogP contribution is -2.26. The Morgan fingerprint density at radius 2 is 2.16 bits per heavy atom. The van der Waals surface area contributed by atoms with Crippen LogP contribution in [-0.2, 0) is 4.79 Å². The molecule has 1 amide bonds. The molecule has 0 heterocycles. The molecule has 0 atom stereocenters. The number of carbonyl (C=O) groups is 1. The van der Waals surface area contributed by atoms with Gasteiger partial charge in [0, 0.05) is 10.7 Å². The fraction of sp³-hybridized carbons (Fsp3) is 0.182. The van der Waals surface area contributed by atoms with Crippen LogP contribution in [0.25, 0.3) is 0 Å². The van der Waals surface area contributed by atoms with Crippen molar-refractivity contribution in [2.45, 2.75) is 13.3 Å². The summed E-state index contributed by atoms with van der Waals surface area (Å²) in [5.74, 6) is -0.254. The van der Waals surface area contributed by atoms with Gasteiger partial charge >= 0.3 is 0 Å². The van der Waals surface area contributed by atoms with Crippen LogP contribution in [0.4, 0.5) is 5.69 Å². The molecule has 0 unspecified atom stereocenters. The quantitative estimate of drug-likeness (QED) is 0.453. The lowest BCUT2D eigenvalue weighted by Gasteiger charge is -2.07. The van der Waals surface area contributed by atoms with E-state index in [1.807, 2.05) is 0 Å². The van der Waals surface area contributed by atoms with Crippen LogP contribution in [-0.4, -0.2) is 16.7 Å². The van der Waals surface area contributed by atoms with Crippen molar-refractivity contribution in [1.29, 1.82) is 0 Å². The van der Waals surface area contributed by atoms with E-state index in [0.717, 1.165) is 0 Å². The number of hydrogen-bond donors (Lipinski definition) is 3. The first-order valence-corrected chi connectivity index (χ1v) is 6.38. The van der Waals surface area contributed by atoms with Crippen molar-refractivity contribution in [3.63, 3.8) is 0 Å². The van der Waals surface area contributed by atoms with E-state index < -0.39 is 0 Å². The van der Waals surface area contributed by atoms with Gasteiger partial charge in [-0.25, -0.2) is 0 Å². The minimum Gasteiger partial charge on any atom is -0.375 e. The number of hydrogen-bond acceptors (Lipinski definition) is 3. The highest BCUT2D eigenvalue weighted by atomic mass is 35.5. The third kappa shape index (κ3) is 5.87. The van der Waals surface area contributed by atoms with Crippen LogP contribution in [0.2, 0.25) is 10.0 Å². The SMILES string of the molecule is C/C(CC(=O)Nc1ccc(Cl)cc1Cl)=N/NC(N)=S. The number of nitrogens with zero attached hydrogens (tertiary/aromatic N) is 1. The Kier molecular flexibility index (Phi) is 6.01. The molecule has 4 N–H and O–H groups in total. The van der Waals surface area contributed by atoms with E-state index >= 15 is 0 Å². The highest BCUT2D eigenvalue weighted by molar-refractivity contribution is 7.80.